The van der Waals surface area contributed by atoms with E-state index in [1.807, 2.05) is 49.9 Å². The number of nitrogens with zero attached hydrogens (tertiary/aromatic N) is 4. The van der Waals surface area contributed by atoms with Crippen LogP contribution >= 0.6 is 0 Å². The van der Waals surface area contributed by atoms with Crippen molar-refractivity contribution in [3.8, 4) is 0 Å². The van der Waals surface area contributed by atoms with Crippen molar-refractivity contribution in [1.29, 1.82) is 0 Å². The summed E-state index contributed by atoms with van der Waals surface area (Å²) in [5.41, 5.74) is 6.48. The SMILES string of the molecule is Cc1cccc(C(=O)N2CCCN(CC(=O)c3c(N)n(CC(C)C)c(=O)n(C)c3=O)CC2)c1. The summed E-state index contributed by atoms with van der Waals surface area (Å²) in [5.74, 6) is -0.393. The molecule has 1 aliphatic rings. The third kappa shape index (κ3) is 5.42. The average molecular weight is 456 g/mol. The number of nitrogens with two attached hydrogens (primary N) is 1. The Kier molecular flexibility index (Phi) is 7.53. The van der Waals surface area contributed by atoms with Gasteiger partial charge in [-0.2, -0.15) is 0 Å². The van der Waals surface area contributed by atoms with Gasteiger partial charge in [-0.1, -0.05) is 31.5 Å². The molecule has 0 bridgehead atoms. The molecule has 3 rings (SSSR count). The predicted octanol–water partition coefficient (Wildman–Crippen LogP) is 1.12. The Bertz CT molecular complexity index is 1160. The number of carbonyl (C=O) groups is 2. The lowest BCUT2D eigenvalue weighted by molar-refractivity contribution is 0.0761. The molecule has 1 aliphatic heterocycles. The highest BCUT2D eigenvalue weighted by atomic mass is 16.2. The minimum absolute atomic E-state index is 0.00575. The number of nitrogen functional groups attached to an aromatic ring is 1. The Balaban J connectivity index is 1.75. The van der Waals surface area contributed by atoms with Crippen LogP contribution in [0.3, 0.4) is 0 Å². The van der Waals surface area contributed by atoms with Gasteiger partial charge in [0.25, 0.3) is 11.5 Å². The normalized spacial score (nSPS) is 15.0. The minimum atomic E-state index is -0.673. The molecule has 0 saturated carbocycles. The van der Waals surface area contributed by atoms with E-state index in [0.717, 1.165) is 10.1 Å². The van der Waals surface area contributed by atoms with E-state index in [9.17, 15) is 19.2 Å². The summed E-state index contributed by atoms with van der Waals surface area (Å²) in [4.78, 5) is 54.9. The lowest BCUT2D eigenvalue weighted by Gasteiger charge is -2.22. The maximum Gasteiger partial charge on any atom is 0.332 e. The summed E-state index contributed by atoms with van der Waals surface area (Å²) in [7, 11) is 1.36. The van der Waals surface area contributed by atoms with Crippen molar-refractivity contribution >= 4 is 17.5 Å². The topological polar surface area (TPSA) is 111 Å². The molecule has 1 aromatic carbocycles. The van der Waals surface area contributed by atoms with Crippen LogP contribution in [0.15, 0.2) is 33.9 Å². The predicted molar refractivity (Wildman–Crippen MR) is 128 cm³/mol. The standard InChI is InChI=1S/C24H33N5O4/c1-16(2)14-29-21(25)20(23(32)26(4)24(29)33)19(30)15-27-9-6-10-28(12-11-27)22(31)18-8-5-7-17(3)13-18/h5,7-8,13,16H,6,9-12,14-15,25H2,1-4H3. The van der Waals surface area contributed by atoms with Crippen molar-refractivity contribution in [2.45, 2.75) is 33.7 Å². The van der Waals surface area contributed by atoms with Crippen molar-refractivity contribution in [2.75, 3.05) is 38.5 Å². The Hall–Kier alpha value is -3.20. The van der Waals surface area contributed by atoms with Gasteiger partial charge >= 0.3 is 5.69 Å². The Labute approximate surface area is 193 Å². The molecule has 178 valence electrons. The lowest BCUT2D eigenvalue weighted by atomic mass is 10.1. The zero-order valence-electron chi connectivity index (χ0n) is 19.8. The van der Waals surface area contributed by atoms with Crippen molar-refractivity contribution in [3.63, 3.8) is 0 Å². The van der Waals surface area contributed by atoms with Gasteiger partial charge in [0.2, 0.25) is 0 Å². The van der Waals surface area contributed by atoms with Crippen molar-refractivity contribution < 1.29 is 9.59 Å². The molecule has 0 radical (unpaired) electrons. The molecule has 2 heterocycles. The van der Waals surface area contributed by atoms with Crippen molar-refractivity contribution in [2.24, 2.45) is 13.0 Å². The van der Waals surface area contributed by atoms with Crippen molar-refractivity contribution in [1.82, 2.24) is 18.9 Å². The molecular formula is C24H33N5O4. The first-order valence-corrected chi connectivity index (χ1v) is 11.3. The van der Waals surface area contributed by atoms with Gasteiger partial charge in [0.05, 0.1) is 6.54 Å². The van der Waals surface area contributed by atoms with Crippen molar-refractivity contribution in [3.05, 3.63) is 61.8 Å². The molecule has 1 fully saturated rings. The van der Waals surface area contributed by atoms with E-state index in [1.54, 1.807) is 4.90 Å². The summed E-state index contributed by atoms with van der Waals surface area (Å²) < 4.78 is 2.24. The van der Waals surface area contributed by atoms with Gasteiger partial charge in [-0.25, -0.2) is 4.79 Å². The quantitative estimate of drug-likeness (QED) is 0.654. The second-order valence-corrected chi connectivity index (χ2v) is 9.13. The van der Waals surface area contributed by atoms with Crippen LogP contribution in [0, 0.1) is 12.8 Å². The zero-order valence-corrected chi connectivity index (χ0v) is 19.8. The van der Waals surface area contributed by atoms with E-state index in [-0.39, 0.29) is 29.8 Å². The first-order chi connectivity index (χ1) is 15.6. The molecule has 0 spiro atoms. The smallest absolute Gasteiger partial charge is 0.332 e. The molecule has 0 aliphatic carbocycles. The number of aryl methyl sites for hydroxylation is 1. The Morgan fingerprint density at radius 1 is 1.09 bits per heavy atom. The molecule has 1 saturated heterocycles. The molecule has 33 heavy (non-hydrogen) atoms. The number of Topliss-reactive ketones (excluding diaryl/α,β-unsaturated/α-hetero) is 1. The molecule has 1 aromatic heterocycles. The van der Waals surface area contributed by atoms with Crippen LogP contribution < -0.4 is 17.0 Å². The van der Waals surface area contributed by atoms with Gasteiger partial charge in [0, 0.05) is 45.3 Å². The molecule has 2 aromatic rings. The Morgan fingerprint density at radius 2 is 1.82 bits per heavy atom. The van der Waals surface area contributed by atoms with E-state index >= 15 is 0 Å². The molecular weight excluding hydrogens is 422 g/mol. The van der Waals surface area contributed by atoms with Gasteiger partial charge in [0.1, 0.15) is 11.4 Å². The van der Waals surface area contributed by atoms with Gasteiger partial charge in [-0.05, 0) is 31.4 Å². The van der Waals surface area contributed by atoms with Crippen LogP contribution in [0.4, 0.5) is 5.82 Å². The van der Waals surface area contributed by atoms with Crippen LogP contribution in [-0.4, -0.2) is 63.3 Å². The number of amides is 1. The lowest BCUT2D eigenvalue weighted by Crippen LogP contribution is -2.45. The maximum atomic E-state index is 13.1. The fourth-order valence-electron chi connectivity index (χ4n) is 4.16. The number of benzene rings is 1. The highest BCUT2D eigenvalue weighted by molar-refractivity contribution is 6.01. The van der Waals surface area contributed by atoms with Gasteiger partial charge in [-0.15, -0.1) is 0 Å². The van der Waals surface area contributed by atoms with Gasteiger partial charge in [-0.3, -0.25) is 28.4 Å². The summed E-state index contributed by atoms with van der Waals surface area (Å²) >= 11 is 0. The second kappa shape index (κ2) is 10.2. The Morgan fingerprint density at radius 3 is 2.48 bits per heavy atom. The summed E-state index contributed by atoms with van der Waals surface area (Å²) in [5, 5.41) is 0. The number of rotatable bonds is 6. The van der Waals surface area contributed by atoms with E-state index in [0.29, 0.717) is 44.7 Å². The van der Waals surface area contributed by atoms with Crippen LogP contribution in [-0.2, 0) is 13.6 Å². The summed E-state index contributed by atoms with van der Waals surface area (Å²) in [6, 6.07) is 7.51. The zero-order chi connectivity index (χ0) is 24.3. The molecule has 9 nitrogen and oxygen atoms in total. The highest BCUT2D eigenvalue weighted by Crippen LogP contribution is 2.13. The third-order valence-corrected chi connectivity index (χ3v) is 5.92. The fraction of sp³-hybridized carbons (Fsp3) is 0.500. The van der Waals surface area contributed by atoms with Crippen LogP contribution in [0.25, 0.3) is 0 Å². The number of hydrogen-bond donors (Lipinski definition) is 1. The molecule has 0 atom stereocenters. The summed E-state index contributed by atoms with van der Waals surface area (Å²) in [6.07, 6.45) is 0.713. The van der Waals surface area contributed by atoms with Crippen LogP contribution in [0.5, 0.6) is 0 Å². The number of anilines is 1. The second-order valence-electron chi connectivity index (χ2n) is 9.13. The van der Waals surface area contributed by atoms with E-state index < -0.39 is 17.0 Å². The monoisotopic (exact) mass is 455 g/mol. The van der Waals surface area contributed by atoms with E-state index in [2.05, 4.69) is 0 Å². The highest BCUT2D eigenvalue weighted by Gasteiger charge is 2.26. The first-order valence-electron chi connectivity index (χ1n) is 11.3. The first kappa shape index (κ1) is 24.4. The largest absolute Gasteiger partial charge is 0.384 e. The third-order valence-electron chi connectivity index (χ3n) is 5.92. The van der Waals surface area contributed by atoms with E-state index in [4.69, 9.17) is 5.73 Å². The number of carbonyl (C=O) groups excluding carboxylic acids is 2. The average Bonchev–Trinajstić information content (AvgIpc) is 3.00. The van der Waals surface area contributed by atoms with Gasteiger partial charge < -0.3 is 10.6 Å². The van der Waals surface area contributed by atoms with Gasteiger partial charge in [0.15, 0.2) is 5.78 Å². The minimum Gasteiger partial charge on any atom is -0.384 e. The fourth-order valence-corrected chi connectivity index (χ4v) is 4.16. The number of ketones is 1. The van der Waals surface area contributed by atoms with Crippen LogP contribution in [0.1, 0.15) is 46.5 Å². The summed E-state index contributed by atoms with van der Waals surface area (Å²) in [6.45, 7) is 8.35. The maximum absolute atomic E-state index is 13.1. The van der Waals surface area contributed by atoms with Crippen LogP contribution in [0.2, 0.25) is 0 Å². The van der Waals surface area contributed by atoms with E-state index in [1.165, 1.54) is 11.6 Å². The molecule has 1 amide bonds. The number of aromatic nitrogens is 2. The number of hydrogen-bond acceptors (Lipinski definition) is 6. The molecule has 9 heteroatoms. The molecule has 0 unspecified atom stereocenters. The molecule has 2 N–H and O–H groups in total.